The first kappa shape index (κ1) is 13.2. The number of nitrogens with zero attached hydrogens (tertiary/aromatic N) is 2. The molecule has 100 valence electrons. The lowest BCUT2D eigenvalue weighted by Crippen LogP contribution is -2.31. The summed E-state index contributed by atoms with van der Waals surface area (Å²) in [5, 5.41) is 11.7. The van der Waals surface area contributed by atoms with Crippen molar-refractivity contribution >= 4 is 22.9 Å². The number of hydrogen-bond acceptors (Lipinski definition) is 4. The second-order valence-corrected chi connectivity index (χ2v) is 4.64. The topological polar surface area (TPSA) is 79.2 Å². The summed E-state index contributed by atoms with van der Waals surface area (Å²) in [4.78, 5) is 26.5. The summed E-state index contributed by atoms with van der Waals surface area (Å²) >= 11 is 0. The molecule has 1 atom stereocenters. The van der Waals surface area contributed by atoms with E-state index in [0.717, 1.165) is 11.8 Å². The smallest absolute Gasteiger partial charge is 0.279 e. The molecule has 0 saturated heterocycles. The number of aromatic amines is 1. The van der Waals surface area contributed by atoms with E-state index in [0.29, 0.717) is 17.3 Å². The van der Waals surface area contributed by atoms with Crippen LogP contribution in [0.3, 0.4) is 0 Å². The van der Waals surface area contributed by atoms with Crippen LogP contribution in [0, 0.1) is 10.1 Å². The molecule has 1 heterocycles. The number of benzene rings is 1. The number of carbonyl (C=O) groups is 1. The van der Waals surface area contributed by atoms with Gasteiger partial charge in [0.25, 0.3) is 5.69 Å². The highest BCUT2D eigenvalue weighted by Crippen LogP contribution is 2.29. The number of nitro groups is 1. The van der Waals surface area contributed by atoms with Gasteiger partial charge in [0.1, 0.15) is 6.29 Å². The highest BCUT2D eigenvalue weighted by Gasteiger charge is 2.19. The van der Waals surface area contributed by atoms with Crippen LogP contribution in [0.5, 0.6) is 0 Å². The fourth-order valence-corrected chi connectivity index (χ4v) is 2.13. The number of nitrogens with one attached hydrogen (secondary N) is 1. The van der Waals surface area contributed by atoms with E-state index in [1.54, 1.807) is 23.2 Å². The Balaban J connectivity index is 2.49. The number of aromatic nitrogens is 1. The Morgan fingerprint density at radius 2 is 2.21 bits per heavy atom. The average Bonchev–Trinajstić information content (AvgIpc) is 2.78. The number of hydrogen-bond donors (Lipinski definition) is 1. The number of H-pyrrole nitrogens is 1. The molecule has 6 heteroatoms. The summed E-state index contributed by atoms with van der Waals surface area (Å²) < 4.78 is 0. The van der Waals surface area contributed by atoms with Crippen molar-refractivity contribution in [1.82, 2.24) is 9.88 Å². The van der Waals surface area contributed by atoms with Crippen LogP contribution in [0.2, 0.25) is 0 Å². The predicted octanol–water partition coefficient (Wildman–Crippen LogP) is 1.75. The fourth-order valence-electron chi connectivity index (χ4n) is 2.13. The minimum atomic E-state index is -0.398. The molecule has 0 bridgehead atoms. The Morgan fingerprint density at radius 3 is 2.79 bits per heavy atom. The quantitative estimate of drug-likeness (QED) is 0.505. The SMILES string of the molecule is CN(C)C(C=O)Cc1c[nH]c2cccc([N+](=O)[O-])c12. The van der Waals surface area contributed by atoms with Crippen LogP contribution in [-0.4, -0.2) is 41.2 Å². The van der Waals surface area contributed by atoms with E-state index in [1.807, 2.05) is 14.1 Å². The molecule has 0 fully saturated rings. The van der Waals surface area contributed by atoms with Crippen molar-refractivity contribution in [3.63, 3.8) is 0 Å². The zero-order valence-electron chi connectivity index (χ0n) is 10.8. The van der Waals surface area contributed by atoms with Gasteiger partial charge in [-0.15, -0.1) is 0 Å². The maximum absolute atomic E-state index is 11.1. The zero-order valence-corrected chi connectivity index (χ0v) is 10.8. The molecule has 1 N–H and O–H groups in total. The van der Waals surface area contributed by atoms with Gasteiger partial charge in [-0.2, -0.15) is 0 Å². The van der Waals surface area contributed by atoms with Crippen molar-refractivity contribution in [2.24, 2.45) is 0 Å². The van der Waals surface area contributed by atoms with Crippen LogP contribution < -0.4 is 0 Å². The maximum Gasteiger partial charge on any atom is 0.279 e. The van der Waals surface area contributed by atoms with Gasteiger partial charge in [-0.25, -0.2) is 0 Å². The lowest BCUT2D eigenvalue weighted by atomic mass is 10.0. The van der Waals surface area contributed by atoms with Gasteiger partial charge in [0, 0.05) is 12.3 Å². The van der Waals surface area contributed by atoms with E-state index < -0.39 is 4.92 Å². The fraction of sp³-hybridized carbons (Fsp3) is 0.308. The molecule has 1 unspecified atom stereocenters. The highest BCUT2D eigenvalue weighted by atomic mass is 16.6. The third kappa shape index (κ3) is 2.48. The van der Waals surface area contributed by atoms with Crippen LogP contribution >= 0.6 is 0 Å². The van der Waals surface area contributed by atoms with E-state index in [-0.39, 0.29) is 11.7 Å². The summed E-state index contributed by atoms with van der Waals surface area (Å²) in [6.07, 6.45) is 3.03. The number of rotatable bonds is 5. The molecule has 0 aliphatic rings. The normalized spacial score (nSPS) is 12.8. The number of fused-ring (bicyclic) bond motifs is 1. The third-order valence-electron chi connectivity index (χ3n) is 3.21. The summed E-state index contributed by atoms with van der Waals surface area (Å²) in [7, 11) is 3.62. The van der Waals surface area contributed by atoms with Crippen molar-refractivity contribution in [3.8, 4) is 0 Å². The summed E-state index contributed by atoms with van der Waals surface area (Å²) in [6, 6.07) is 4.62. The molecule has 0 amide bonds. The molecule has 2 rings (SSSR count). The molecule has 19 heavy (non-hydrogen) atoms. The standard InChI is InChI=1S/C13H15N3O3/c1-15(2)10(8-17)6-9-7-14-11-4-3-5-12(13(9)11)16(18)19/h3-5,7-8,10,14H,6H2,1-2H3. The minimum absolute atomic E-state index is 0.0668. The van der Waals surface area contributed by atoms with E-state index in [1.165, 1.54) is 6.07 Å². The number of non-ortho nitro benzene ring substituents is 1. The Bertz CT molecular complexity index is 619. The van der Waals surface area contributed by atoms with Gasteiger partial charge in [0.2, 0.25) is 0 Å². The van der Waals surface area contributed by atoms with Gasteiger partial charge in [-0.1, -0.05) is 6.07 Å². The van der Waals surface area contributed by atoms with Crippen LogP contribution in [0.4, 0.5) is 5.69 Å². The number of likely N-dealkylation sites (N-methyl/N-ethyl adjacent to an activating group) is 1. The lowest BCUT2D eigenvalue weighted by Gasteiger charge is -2.17. The van der Waals surface area contributed by atoms with Crippen molar-refractivity contribution in [2.75, 3.05) is 14.1 Å². The van der Waals surface area contributed by atoms with Gasteiger partial charge < -0.3 is 9.78 Å². The third-order valence-corrected chi connectivity index (χ3v) is 3.21. The largest absolute Gasteiger partial charge is 0.361 e. The second-order valence-electron chi connectivity index (χ2n) is 4.64. The van der Waals surface area contributed by atoms with E-state index in [2.05, 4.69) is 4.98 Å². The zero-order chi connectivity index (χ0) is 14.0. The van der Waals surface area contributed by atoms with E-state index >= 15 is 0 Å². The Kier molecular flexibility index (Phi) is 3.62. The number of aldehydes is 1. The molecule has 0 aliphatic heterocycles. The van der Waals surface area contributed by atoms with Gasteiger partial charge in [-0.3, -0.25) is 15.0 Å². The second kappa shape index (κ2) is 5.19. The lowest BCUT2D eigenvalue weighted by molar-refractivity contribution is -0.383. The average molecular weight is 261 g/mol. The molecule has 6 nitrogen and oxygen atoms in total. The van der Waals surface area contributed by atoms with Gasteiger partial charge >= 0.3 is 0 Å². The van der Waals surface area contributed by atoms with Crippen LogP contribution in [0.25, 0.3) is 10.9 Å². The van der Waals surface area contributed by atoms with Gasteiger partial charge in [0.15, 0.2) is 0 Å². The summed E-state index contributed by atoms with van der Waals surface area (Å²) in [5.74, 6) is 0. The Hall–Kier alpha value is -2.21. The predicted molar refractivity (Wildman–Crippen MR) is 72.2 cm³/mol. The molecular weight excluding hydrogens is 246 g/mol. The van der Waals surface area contributed by atoms with Crippen LogP contribution in [-0.2, 0) is 11.2 Å². The van der Waals surface area contributed by atoms with Crippen molar-refractivity contribution in [3.05, 3.63) is 40.1 Å². The highest BCUT2D eigenvalue weighted by molar-refractivity contribution is 5.92. The minimum Gasteiger partial charge on any atom is -0.361 e. The molecule has 0 spiro atoms. The molecule has 1 aromatic carbocycles. The first-order valence-electron chi connectivity index (χ1n) is 5.89. The Labute approximate surface area is 110 Å². The molecular formula is C13H15N3O3. The van der Waals surface area contributed by atoms with Crippen LogP contribution in [0.15, 0.2) is 24.4 Å². The molecule has 2 aromatic rings. The summed E-state index contributed by atoms with van der Waals surface area (Å²) in [5.41, 5.74) is 1.57. The molecule has 0 radical (unpaired) electrons. The first-order chi connectivity index (χ1) is 9.04. The first-order valence-corrected chi connectivity index (χ1v) is 5.89. The molecule has 0 saturated carbocycles. The molecule has 1 aromatic heterocycles. The van der Waals surface area contributed by atoms with Gasteiger partial charge in [0.05, 0.1) is 21.9 Å². The number of carbonyl (C=O) groups excluding carboxylic acids is 1. The summed E-state index contributed by atoms with van der Waals surface area (Å²) in [6.45, 7) is 0. The van der Waals surface area contributed by atoms with Gasteiger partial charge in [-0.05, 0) is 32.1 Å². The van der Waals surface area contributed by atoms with Crippen molar-refractivity contribution in [1.29, 1.82) is 0 Å². The van der Waals surface area contributed by atoms with Crippen molar-refractivity contribution < 1.29 is 9.72 Å². The van der Waals surface area contributed by atoms with E-state index in [4.69, 9.17) is 0 Å². The number of nitro benzene ring substituents is 1. The van der Waals surface area contributed by atoms with Crippen LogP contribution in [0.1, 0.15) is 5.56 Å². The monoisotopic (exact) mass is 261 g/mol. The maximum atomic E-state index is 11.1. The van der Waals surface area contributed by atoms with E-state index in [9.17, 15) is 14.9 Å². The molecule has 0 aliphatic carbocycles. The Morgan fingerprint density at radius 1 is 1.47 bits per heavy atom. The van der Waals surface area contributed by atoms with Crippen molar-refractivity contribution in [2.45, 2.75) is 12.5 Å².